The number of aliphatic hydroxyl groups is 2. The summed E-state index contributed by atoms with van der Waals surface area (Å²) in [4.78, 5) is 0. The minimum Gasteiger partial charge on any atom is -0.493 e. The molecule has 2 N–H and O–H groups in total. The van der Waals surface area contributed by atoms with Crippen LogP contribution in [0.3, 0.4) is 0 Å². The third kappa shape index (κ3) is 4.82. The Morgan fingerprint density at radius 1 is 1.07 bits per heavy atom. The van der Waals surface area contributed by atoms with Gasteiger partial charge in [-0.1, -0.05) is 34.1 Å². The molecule has 0 aliphatic carbocycles. The largest absolute Gasteiger partial charge is 0.493 e. The van der Waals surface area contributed by atoms with Crippen LogP contribution in [0.25, 0.3) is 0 Å². The third-order valence-electron chi connectivity index (χ3n) is 4.87. The zero-order valence-electron chi connectivity index (χ0n) is 15.5. The topological polar surface area (TPSA) is 68.2 Å². The van der Waals surface area contributed by atoms with Crippen molar-refractivity contribution in [1.82, 2.24) is 0 Å². The van der Waals surface area contributed by atoms with Gasteiger partial charge in [0, 0.05) is 17.3 Å². The van der Waals surface area contributed by atoms with Crippen LogP contribution in [0.2, 0.25) is 0 Å². The van der Waals surface area contributed by atoms with Crippen molar-refractivity contribution < 1.29 is 24.4 Å². The van der Waals surface area contributed by atoms with Gasteiger partial charge < -0.3 is 24.4 Å². The first kappa shape index (κ1) is 20.1. The summed E-state index contributed by atoms with van der Waals surface area (Å²) >= 11 is 3.63. The normalized spacial score (nSPS) is 22.5. The van der Waals surface area contributed by atoms with Crippen molar-refractivity contribution in [3.05, 3.63) is 57.6 Å². The van der Waals surface area contributed by atoms with Crippen LogP contribution in [0.15, 0.2) is 40.9 Å². The summed E-state index contributed by atoms with van der Waals surface area (Å²) in [6.45, 7) is -0.0808. The molecule has 1 aliphatic rings. The molecule has 0 radical (unpaired) electrons. The second-order valence-electron chi connectivity index (χ2n) is 6.77. The van der Waals surface area contributed by atoms with E-state index in [0.717, 1.165) is 21.2 Å². The lowest BCUT2D eigenvalue weighted by atomic mass is 9.94. The van der Waals surface area contributed by atoms with E-state index in [0.29, 0.717) is 30.8 Å². The number of hydrogen-bond donors (Lipinski definition) is 2. The maximum absolute atomic E-state index is 10.1. The Labute approximate surface area is 168 Å². The van der Waals surface area contributed by atoms with Gasteiger partial charge in [-0.05, 0) is 41.3 Å². The van der Waals surface area contributed by atoms with Crippen LogP contribution in [0.4, 0.5) is 0 Å². The zero-order chi connectivity index (χ0) is 19.4. The summed E-state index contributed by atoms with van der Waals surface area (Å²) in [6, 6.07) is 12.0. The summed E-state index contributed by atoms with van der Waals surface area (Å²) in [5.41, 5.74) is 3.22. The second-order valence-corrected chi connectivity index (χ2v) is 7.63. The van der Waals surface area contributed by atoms with E-state index >= 15 is 0 Å². The number of ether oxygens (including phenoxy) is 3. The van der Waals surface area contributed by atoms with Crippen molar-refractivity contribution >= 4 is 15.9 Å². The van der Waals surface area contributed by atoms with E-state index in [2.05, 4.69) is 22.0 Å². The average Bonchev–Trinajstić information content (AvgIpc) is 2.68. The van der Waals surface area contributed by atoms with Crippen LogP contribution in [-0.2, 0) is 11.2 Å². The quantitative estimate of drug-likeness (QED) is 0.723. The van der Waals surface area contributed by atoms with Crippen molar-refractivity contribution in [1.29, 1.82) is 0 Å². The maximum Gasteiger partial charge on any atom is 0.160 e. The smallest absolute Gasteiger partial charge is 0.160 e. The molecule has 0 saturated carbocycles. The lowest BCUT2D eigenvalue weighted by molar-refractivity contribution is -0.113. The SMILES string of the molecule is COc1ccc(Cc2cc([C@H]3C[C@@H](O)C[C@@H](CO)O3)ccc2Br)cc1OC. The summed E-state index contributed by atoms with van der Waals surface area (Å²) in [5.74, 6) is 1.40. The molecule has 0 bridgehead atoms. The number of benzene rings is 2. The van der Waals surface area contributed by atoms with Gasteiger partial charge in [0.2, 0.25) is 0 Å². The van der Waals surface area contributed by atoms with Crippen LogP contribution in [0.5, 0.6) is 11.5 Å². The van der Waals surface area contributed by atoms with Crippen LogP contribution < -0.4 is 9.47 Å². The Kier molecular flexibility index (Phi) is 6.76. The lowest BCUT2D eigenvalue weighted by Gasteiger charge is -2.32. The minimum absolute atomic E-state index is 0.0808. The number of halogens is 1. The molecule has 1 heterocycles. The zero-order valence-corrected chi connectivity index (χ0v) is 17.1. The molecule has 146 valence electrons. The van der Waals surface area contributed by atoms with Crippen LogP contribution >= 0.6 is 15.9 Å². The predicted octanol–water partition coefficient (Wildman–Crippen LogP) is 3.63. The van der Waals surface area contributed by atoms with Crippen LogP contribution in [0, 0.1) is 0 Å². The fourth-order valence-electron chi connectivity index (χ4n) is 3.46. The average molecular weight is 437 g/mol. The van der Waals surface area contributed by atoms with Gasteiger partial charge in [-0.2, -0.15) is 0 Å². The number of aliphatic hydroxyl groups excluding tert-OH is 2. The predicted molar refractivity (Wildman–Crippen MR) is 106 cm³/mol. The van der Waals surface area contributed by atoms with Crippen molar-refractivity contribution in [3.63, 3.8) is 0 Å². The Bertz CT molecular complexity index is 779. The fourth-order valence-corrected chi connectivity index (χ4v) is 3.85. The molecule has 5 nitrogen and oxygen atoms in total. The molecule has 0 aromatic heterocycles. The highest BCUT2D eigenvalue weighted by Crippen LogP contribution is 2.34. The Morgan fingerprint density at radius 2 is 1.85 bits per heavy atom. The molecular formula is C21H25BrO5. The van der Waals surface area contributed by atoms with Gasteiger partial charge in [0.1, 0.15) is 0 Å². The molecule has 1 saturated heterocycles. The van der Waals surface area contributed by atoms with E-state index in [1.807, 2.05) is 30.3 Å². The molecule has 1 aliphatic heterocycles. The molecule has 2 aromatic rings. The van der Waals surface area contributed by atoms with E-state index in [1.165, 1.54) is 0 Å². The molecule has 0 spiro atoms. The Hall–Kier alpha value is -1.60. The Balaban J connectivity index is 1.83. The molecule has 2 aromatic carbocycles. The maximum atomic E-state index is 10.1. The van der Waals surface area contributed by atoms with Gasteiger partial charge in [0.15, 0.2) is 11.5 Å². The molecular weight excluding hydrogens is 412 g/mol. The van der Waals surface area contributed by atoms with Gasteiger partial charge in [-0.25, -0.2) is 0 Å². The first-order valence-corrected chi connectivity index (χ1v) is 9.77. The third-order valence-corrected chi connectivity index (χ3v) is 5.64. The van der Waals surface area contributed by atoms with E-state index in [9.17, 15) is 10.2 Å². The van der Waals surface area contributed by atoms with E-state index < -0.39 is 6.10 Å². The molecule has 3 rings (SSSR count). The monoisotopic (exact) mass is 436 g/mol. The molecule has 6 heteroatoms. The lowest BCUT2D eigenvalue weighted by Crippen LogP contribution is -2.33. The molecule has 0 amide bonds. The fraction of sp³-hybridized carbons (Fsp3) is 0.429. The summed E-state index contributed by atoms with van der Waals surface area (Å²) in [6.07, 6.45) is 0.724. The van der Waals surface area contributed by atoms with Gasteiger partial charge in [-0.15, -0.1) is 0 Å². The van der Waals surface area contributed by atoms with E-state index in [1.54, 1.807) is 14.2 Å². The summed E-state index contributed by atoms with van der Waals surface area (Å²) in [5, 5.41) is 19.5. The Morgan fingerprint density at radius 3 is 2.56 bits per heavy atom. The van der Waals surface area contributed by atoms with Crippen molar-refractivity contribution in [2.75, 3.05) is 20.8 Å². The van der Waals surface area contributed by atoms with Crippen molar-refractivity contribution in [2.45, 2.75) is 37.6 Å². The van der Waals surface area contributed by atoms with Gasteiger partial charge in [-0.3, -0.25) is 0 Å². The first-order valence-electron chi connectivity index (χ1n) is 8.97. The minimum atomic E-state index is -0.459. The van der Waals surface area contributed by atoms with Gasteiger partial charge in [0.05, 0.1) is 39.1 Å². The highest BCUT2D eigenvalue weighted by Gasteiger charge is 2.29. The van der Waals surface area contributed by atoms with Gasteiger partial charge >= 0.3 is 0 Å². The van der Waals surface area contributed by atoms with Crippen LogP contribution in [0.1, 0.15) is 35.6 Å². The molecule has 1 fully saturated rings. The second kappa shape index (κ2) is 9.06. The summed E-state index contributed by atoms with van der Waals surface area (Å²) < 4.78 is 17.6. The van der Waals surface area contributed by atoms with Crippen molar-refractivity contribution in [2.24, 2.45) is 0 Å². The summed E-state index contributed by atoms with van der Waals surface area (Å²) in [7, 11) is 3.25. The van der Waals surface area contributed by atoms with E-state index in [4.69, 9.17) is 14.2 Å². The van der Waals surface area contributed by atoms with Crippen LogP contribution in [-0.4, -0.2) is 43.2 Å². The standard InChI is InChI=1S/C21H25BrO5/c1-25-19-6-3-13(8-21(19)26-2)7-15-9-14(4-5-18(15)22)20-11-16(24)10-17(12-23)27-20/h3-6,8-9,16-17,20,23-24H,7,10-12H2,1-2H3/t16-,17-,20+/m0/s1. The first-order chi connectivity index (χ1) is 13.0. The molecule has 3 atom stereocenters. The number of methoxy groups -OCH3 is 2. The van der Waals surface area contributed by atoms with Crippen molar-refractivity contribution in [3.8, 4) is 11.5 Å². The van der Waals surface area contributed by atoms with E-state index in [-0.39, 0.29) is 18.8 Å². The van der Waals surface area contributed by atoms with Gasteiger partial charge in [0.25, 0.3) is 0 Å². The highest BCUT2D eigenvalue weighted by atomic mass is 79.9. The highest BCUT2D eigenvalue weighted by molar-refractivity contribution is 9.10. The molecule has 0 unspecified atom stereocenters. The number of rotatable bonds is 6. The number of hydrogen-bond acceptors (Lipinski definition) is 5. The molecule has 27 heavy (non-hydrogen) atoms.